The molecular weight excluding hydrogens is 236 g/mol. The first kappa shape index (κ1) is 12.4. The van der Waals surface area contributed by atoms with E-state index in [4.69, 9.17) is 11.6 Å². The molecule has 3 nitrogen and oxygen atoms in total. The molecule has 0 aromatic carbocycles. The molecule has 1 fully saturated rings. The third kappa shape index (κ3) is 2.60. The van der Waals surface area contributed by atoms with E-state index in [1.165, 1.54) is 0 Å². The second kappa shape index (κ2) is 5.05. The largest absolute Gasteiger partial charge is 0.335 e. The van der Waals surface area contributed by atoms with E-state index in [1.54, 1.807) is 18.3 Å². The van der Waals surface area contributed by atoms with Gasteiger partial charge in [-0.05, 0) is 30.9 Å². The summed E-state index contributed by atoms with van der Waals surface area (Å²) in [5, 5.41) is 0.371. The summed E-state index contributed by atoms with van der Waals surface area (Å²) in [5.74, 6) is 0.573. The number of amides is 1. The van der Waals surface area contributed by atoms with Gasteiger partial charge in [-0.3, -0.25) is 4.79 Å². The Balaban J connectivity index is 2.20. The lowest BCUT2D eigenvalue weighted by Gasteiger charge is -2.27. The van der Waals surface area contributed by atoms with E-state index in [-0.39, 0.29) is 5.91 Å². The molecule has 1 unspecified atom stereocenters. The molecule has 2 heterocycles. The smallest absolute Gasteiger partial charge is 0.254 e. The molecule has 1 saturated heterocycles. The number of hydrogen-bond acceptors (Lipinski definition) is 2. The van der Waals surface area contributed by atoms with Crippen molar-refractivity contribution < 1.29 is 4.79 Å². The van der Waals surface area contributed by atoms with Gasteiger partial charge in [-0.15, -0.1) is 0 Å². The number of likely N-dealkylation sites (tertiary alicyclic amines) is 1. The van der Waals surface area contributed by atoms with Gasteiger partial charge in [0.25, 0.3) is 5.91 Å². The predicted octanol–water partition coefficient (Wildman–Crippen LogP) is 3.00. The van der Waals surface area contributed by atoms with Crippen LogP contribution in [0.3, 0.4) is 0 Å². The lowest BCUT2D eigenvalue weighted by molar-refractivity contribution is 0.0701. The SMILES string of the molecule is CC(C)C1CCCN1C(=O)c1ccnc(Cl)c1. The maximum atomic E-state index is 12.4. The fraction of sp³-hybridized carbons (Fsp3) is 0.538. The summed E-state index contributed by atoms with van der Waals surface area (Å²) in [6.45, 7) is 5.17. The summed E-state index contributed by atoms with van der Waals surface area (Å²) in [6.07, 6.45) is 3.77. The summed E-state index contributed by atoms with van der Waals surface area (Å²) in [6, 6.07) is 3.72. The maximum absolute atomic E-state index is 12.4. The summed E-state index contributed by atoms with van der Waals surface area (Å²) < 4.78 is 0. The Bertz CT molecular complexity index is 420. The highest BCUT2D eigenvalue weighted by Gasteiger charge is 2.31. The van der Waals surface area contributed by atoms with E-state index < -0.39 is 0 Å². The Kier molecular flexibility index (Phi) is 3.67. The van der Waals surface area contributed by atoms with Crippen molar-refractivity contribution in [3.05, 3.63) is 29.0 Å². The van der Waals surface area contributed by atoms with Gasteiger partial charge in [0, 0.05) is 24.3 Å². The first-order chi connectivity index (χ1) is 8.09. The lowest BCUT2D eigenvalue weighted by Crippen LogP contribution is -2.38. The monoisotopic (exact) mass is 252 g/mol. The van der Waals surface area contributed by atoms with Crippen molar-refractivity contribution in [2.45, 2.75) is 32.7 Å². The van der Waals surface area contributed by atoms with Crippen LogP contribution in [0.1, 0.15) is 37.0 Å². The van der Waals surface area contributed by atoms with E-state index in [0.29, 0.717) is 22.7 Å². The van der Waals surface area contributed by atoms with Crippen LogP contribution in [0.4, 0.5) is 0 Å². The Morgan fingerprint density at radius 1 is 1.59 bits per heavy atom. The highest BCUT2D eigenvalue weighted by Crippen LogP contribution is 2.25. The van der Waals surface area contributed by atoms with E-state index in [2.05, 4.69) is 18.8 Å². The van der Waals surface area contributed by atoms with Crippen molar-refractivity contribution in [1.82, 2.24) is 9.88 Å². The lowest BCUT2D eigenvalue weighted by atomic mass is 10.0. The van der Waals surface area contributed by atoms with Crippen molar-refractivity contribution in [1.29, 1.82) is 0 Å². The average molecular weight is 253 g/mol. The molecule has 0 spiro atoms. The third-order valence-electron chi connectivity index (χ3n) is 3.30. The molecule has 0 saturated carbocycles. The van der Waals surface area contributed by atoms with E-state index in [9.17, 15) is 4.79 Å². The number of hydrogen-bond donors (Lipinski definition) is 0. The van der Waals surface area contributed by atoms with E-state index in [0.717, 1.165) is 19.4 Å². The molecule has 1 aromatic heterocycles. The Hall–Kier alpha value is -1.09. The normalized spacial score (nSPS) is 20.0. The quantitative estimate of drug-likeness (QED) is 0.758. The van der Waals surface area contributed by atoms with Gasteiger partial charge < -0.3 is 4.90 Å². The highest BCUT2D eigenvalue weighted by molar-refractivity contribution is 6.29. The van der Waals surface area contributed by atoms with Gasteiger partial charge in [0.2, 0.25) is 0 Å². The van der Waals surface area contributed by atoms with Crippen LogP contribution in [-0.4, -0.2) is 28.4 Å². The maximum Gasteiger partial charge on any atom is 0.254 e. The first-order valence-corrected chi connectivity index (χ1v) is 6.40. The summed E-state index contributed by atoms with van der Waals surface area (Å²) in [4.78, 5) is 18.2. The van der Waals surface area contributed by atoms with Gasteiger partial charge in [0.15, 0.2) is 0 Å². The van der Waals surface area contributed by atoms with Gasteiger partial charge >= 0.3 is 0 Å². The minimum atomic E-state index is 0.0745. The molecule has 0 radical (unpaired) electrons. The molecule has 0 bridgehead atoms. The topological polar surface area (TPSA) is 33.2 Å². The molecular formula is C13H17ClN2O. The van der Waals surface area contributed by atoms with Gasteiger partial charge in [0.05, 0.1) is 0 Å². The first-order valence-electron chi connectivity index (χ1n) is 6.02. The van der Waals surface area contributed by atoms with E-state index >= 15 is 0 Å². The van der Waals surface area contributed by atoms with E-state index in [1.807, 2.05) is 4.90 Å². The Morgan fingerprint density at radius 2 is 2.35 bits per heavy atom. The zero-order valence-corrected chi connectivity index (χ0v) is 10.9. The number of pyridine rings is 1. The summed E-state index contributed by atoms with van der Waals surface area (Å²) in [7, 11) is 0. The fourth-order valence-electron chi connectivity index (χ4n) is 2.44. The van der Waals surface area contributed by atoms with Crippen LogP contribution in [0.15, 0.2) is 18.3 Å². The molecule has 0 aliphatic carbocycles. The molecule has 1 aliphatic heterocycles. The number of aromatic nitrogens is 1. The van der Waals surface area contributed by atoms with Crippen molar-refractivity contribution >= 4 is 17.5 Å². The van der Waals surface area contributed by atoms with Crippen molar-refractivity contribution in [3.8, 4) is 0 Å². The minimum absolute atomic E-state index is 0.0745. The molecule has 92 valence electrons. The van der Waals surface area contributed by atoms with Crippen LogP contribution >= 0.6 is 11.6 Å². The van der Waals surface area contributed by atoms with Crippen LogP contribution in [0.25, 0.3) is 0 Å². The molecule has 0 N–H and O–H groups in total. The predicted molar refractivity (Wildman–Crippen MR) is 68.1 cm³/mol. The van der Waals surface area contributed by atoms with Crippen LogP contribution in [0.5, 0.6) is 0 Å². The molecule has 1 atom stereocenters. The van der Waals surface area contributed by atoms with Crippen LogP contribution in [0.2, 0.25) is 5.15 Å². The number of rotatable bonds is 2. The van der Waals surface area contributed by atoms with Crippen molar-refractivity contribution in [2.24, 2.45) is 5.92 Å². The number of nitrogens with zero attached hydrogens (tertiary/aromatic N) is 2. The van der Waals surface area contributed by atoms with Gasteiger partial charge in [-0.1, -0.05) is 25.4 Å². The molecule has 1 amide bonds. The highest BCUT2D eigenvalue weighted by atomic mass is 35.5. The number of carbonyl (C=O) groups excluding carboxylic acids is 1. The fourth-order valence-corrected chi connectivity index (χ4v) is 2.61. The van der Waals surface area contributed by atoms with Crippen LogP contribution < -0.4 is 0 Å². The molecule has 4 heteroatoms. The molecule has 17 heavy (non-hydrogen) atoms. The molecule has 2 rings (SSSR count). The minimum Gasteiger partial charge on any atom is -0.335 e. The number of halogens is 1. The standard InChI is InChI=1S/C13H17ClN2O/c1-9(2)11-4-3-7-16(11)13(17)10-5-6-15-12(14)8-10/h5-6,8-9,11H,3-4,7H2,1-2H3. The van der Waals surface area contributed by atoms with Crippen molar-refractivity contribution in [2.75, 3.05) is 6.54 Å². The van der Waals surface area contributed by atoms with Gasteiger partial charge in [-0.25, -0.2) is 4.98 Å². The molecule has 1 aliphatic rings. The Labute approximate surface area is 107 Å². The second-order valence-corrected chi connectivity index (χ2v) is 5.21. The number of carbonyl (C=O) groups is 1. The van der Waals surface area contributed by atoms with Gasteiger partial charge in [-0.2, -0.15) is 0 Å². The zero-order valence-electron chi connectivity index (χ0n) is 10.2. The second-order valence-electron chi connectivity index (χ2n) is 4.82. The average Bonchev–Trinajstić information content (AvgIpc) is 2.77. The molecule has 1 aromatic rings. The van der Waals surface area contributed by atoms with Gasteiger partial charge in [0.1, 0.15) is 5.15 Å². The zero-order chi connectivity index (χ0) is 12.4. The Morgan fingerprint density at radius 3 is 3.00 bits per heavy atom. The third-order valence-corrected chi connectivity index (χ3v) is 3.51. The van der Waals surface area contributed by atoms with Crippen LogP contribution in [0, 0.1) is 5.92 Å². The summed E-state index contributed by atoms with van der Waals surface area (Å²) >= 11 is 5.81. The summed E-state index contributed by atoms with van der Waals surface area (Å²) in [5.41, 5.74) is 0.637. The van der Waals surface area contributed by atoms with Crippen LogP contribution in [-0.2, 0) is 0 Å². The van der Waals surface area contributed by atoms with Crippen molar-refractivity contribution in [3.63, 3.8) is 0 Å².